The number of halogens is 1. The highest BCUT2D eigenvalue weighted by atomic mass is 35.5. The summed E-state index contributed by atoms with van der Waals surface area (Å²) in [5.41, 5.74) is 1.22. The van der Waals surface area contributed by atoms with E-state index in [9.17, 15) is 10.1 Å². The minimum absolute atomic E-state index is 0.154. The second-order valence-corrected chi connectivity index (χ2v) is 5.84. The van der Waals surface area contributed by atoms with Crippen molar-refractivity contribution < 1.29 is 4.79 Å². The molecule has 0 saturated carbocycles. The number of hydrogen-bond acceptors (Lipinski definition) is 4. The molecule has 1 aliphatic rings. The molecule has 6 nitrogen and oxygen atoms in total. The van der Waals surface area contributed by atoms with Crippen molar-refractivity contribution in [2.45, 2.75) is 0 Å². The molecule has 1 aliphatic heterocycles. The molecule has 0 unspecified atom stereocenters. The largest absolute Gasteiger partial charge is 0.352 e. The van der Waals surface area contributed by atoms with Gasteiger partial charge in [0.1, 0.15) is 11.9 Å². The van der Waals surface area contributed by atoms with Crippen LogP contribution in [0.5, 0.6) is 0 Å². The Morgan fingerprint density at radius 2 is 2.00 bits per heavy atom. The van der Waals surface area contributed by atoms with E-state index in [1.807, 2.05) is 4.90 Å². The van der Waals surface area contributed by atoms with E-state index in [1.54, 1.807) is 47.5 Å². The molecule has 2 heterocycles. The van der Waals surface area contributed by atoms with Crippen LogP contribution in [-0.2, 0) is 0 Å². The molecule has 1 aromatic heterocycles. The third-order valence-electron chi connectivity index (χ3n) is 3.85. The Bertz CT molecular complexity index is 781. The van der Waals surface area contributed by atoms with Crippen LogP contribution in [0.2, 0.25) is 5.02 Å². The molecule has 0 spiro atoms. The SMILES string of the molecule is N#Cc1cccnc1N1CCN(C(=O)Nc2cccc(Cl)c2)CC1. The first-order valence-electron chi connectivity index (χ1n) is 7.59. The van der Waals surface area contributed by atoms with Gasteiger partial charge in [-0.3, -0.25) is 0 Å². The summed E-state index contributed by atoms with van der Waals surface area (Å²) in [5, 5.41) is 12.6. The predicted octanol–water partition coefficient (Wildman–Crippen LogP) is 2.96. The number of rotatable bonds is 2. The molecule has 24 heavy (non-hydrogen) atoms. The third kappa shape index (κ3) is 3.58. The summed E-state index contributed by atoms with van der Waals surface area (Å²) in [6.45, 7) is 2.39. The molecule has 2 amide bonds. The van der Waals surface area contributed by atoms with Gasteiger partial charge in [0.05, 0.1) is 5.56 Å². The molecule has 0 radical (unpaired) electrons. The first-order valence-corrected chi connectivity index (χ1v) is 7.97. The van der Waals surface area contributed by atoms with Crippen LogP contribution < -0.4 is 10.2 Å². The first kappa shape index (κ1) is 16.1. The van der Waals surface area contributed by atoms with E-state index in [2.05, 4.69) is 16.4 Å². The fourth-order valence-electron chi connectivity index (χ4n) is 2.63. The number of benzene rings is 1. The summed E-state index contributed by atoms with van der Waals surface area (Å²) >= 11 is 5.92. The van der Waals surface area contributed by atoms with E-state index in [4.69, 9.17) is 11.6 Å². The van der Waals surface area contributed by atoms with E-state index in [1.165, 1.54) is 0 Å². The van der Waals surface area contributed by atoms with Gasteiger partial charge in [-0.15, -0.1) is 0 Å². The minimum atomic E-state index is -0.154. The topological polar surface area (TPSA) is 72.3 Å². The number of aromatic nitrogens is 1. The van der Waals surface area contributed by atoms with Crippen molar-refractivity contribution in [3.63, 3.8) is 0 Å². The summed E-state index contributed by atoms with van der Waals surface area (Å²) < 4.78 is 0. The van der Waals surface area contributed by atoms with Gasteiger partial charge in [0.25, 0.3) is 0 Å². The number of nitriles is 1. The van der Waals surface area contributed by atoms with Gasteiger partial charge in [0.2, 0.25) is 0 Å². The average molecular weight is 342 g/mol. The Balaban J connectivity index is 1.61. The molecular weight excluding hydrogens is 326 g/mol. The number of piperazine rings is 1. The maximum absolute atomic E-state index is 12.3. The highest BCUT2D eigenvalue weighted by Gasteiger charge is 2.23. The first-order chi connectivity index (χ1) is 11.7. The number of anilines is 2. The monoisotopic (exact) mass is 341 g/mol. The molecule has 2 aromatic rings. The zero-order valence-corrected chi connectivity index (χ0v) is 13.7. The molecule has 0 atom stereocenters. The van der Waals surface area contributed by atoms with Crippen LogP contribution in [0.25, 0.3) is 0 Å². The highest BCUT2D eigenvalue weighted by Crippen LogP contribution is 2.19. The van der Waals surface area contributed by atoms with Crippen LogP contribution >= 0.6 is 11.6 Å². The van der Waals surface area contributed by atoms with E-state index in [0.29, 0.717) is 48.3 Å². The highest BCUT2D eigenvalue weighted by molar-refractivity contribution is 6.30. The van der Waals surface area contributed by atoms with Crippen LogP contribution in [0.1, 0.15) is 5.56 Å². The summed E-state index contributed by atoms with van der Waals surface area (Å²) in [6.07, 6.45) is 1.68. The van der Waals surface area contributed by atoms with E-state index in [-0.39, 0.29) is 6.03 Å². The fraction of sp³-hybridized carbons (Fsp3) is 0.235. The van der Waals surface area contributed by atoms with Crippen molar-refractivity contribution in [2.24, 2.45) is 0 Å². The second-order valence-electron chi connectivity index (χ2n) is 5.40. The van der Waals surface area contributed by atoms with E-state index in [0.717, 1.165) is 0 Å². The number of nitrogens with zero attached hydrogens (tertiary/aromatic N) is 4. The molecule has 3 rings (SSSR count). The predicted molar refractivity (Wildman–Crippen MR) is 93.2 cm³/mol. The maximum atomic E-state index is 12.3. The van der Waals surface area contributed by atoms with Gasteiger partial charge in [0, 0.05) is 43.1 Å². The number of carbonyl (C=O) groups is 1. The van der Waals surface area contributed by atoms with Gasteiger partial charge >= 0.3 is 6.03 Å². The summed E-state index contributed by atoms with van der Waals surface area (Å²) in [4.78, 5) is 20.4. The number of hydrogen-bond donors (Lipinski definition) is 1. The number of nitrogens with one attached hydrogen (secondary N) is 1. The van der Waals surface area contributed by atoms with Crippen LogP contribution in [0.3, 0.4) is 0 Å². The molecule has 1 saturated heterocycles. The quantitative estimate of drug-likeness (QED) is 0.911. The Kier molecular flexibility index (Phi) is 4.82. The number of urea groups is 1. The van der Waals surface area contributed by atoms with Crippen molar-refractivity contribution >= 4 is 29.1 Å². The van der Waals surface area contributed by atoms with Crippen molar-refractivity contribution in [1.29, 1.82) is 5.26 Å². The Morgan fingerprint density at radius 3 is 2.71 bits per heavy atom. The van der Waals surface area contributed by atoms with Gasteiger partial charge in [0.15, 0.2) is 0 Å². The van der Waals surface area contributed by atoms with Crippen molar-refractivity contribution in [2.75, 3.05) is 36.4 Å². The normalized spacial score (nSPS) is 14.2. The average Bonchev–Trinajstić information content (AvgIpc) is 2.62. The van der Waals surface area contributed by atoms with Crippen molar-refractivity contribution in [3.8, 4) is 6.07 Å². The van der Waals surface area contributed by atoms with Crippen LogP contribution in [-0.4, -0.2) is 42.1 Å². The lowest BCUT2D eigenvalue weighted by atomic mass is 10.2. The Hall–Kier alpha value is -2.78. The lowest BCUT2D eigenvalue weighted by Gasteiger charge is -2.35. The van der Waals surface area contributed by atoms with Crippen LogP contribution in [0, 0.1) is 11.3 Å². The smallest absolute Gasteiger partial charge is 0.321 e. The molecule has 0 aliphatic carbocycles. The fourth-order valence-corrected chi connectivity index (χ4v) is 2.82. The third-order valence-corrected chi connectivity index (χ3v) is 4.08. The molecule has 1 N–H and O–H groups in total. The van der Waals surface area contributed by atoms with Crippen molar-refractivity contribution in [3.05, 3.63) is 53.2 Å². The maximum Gasteiger partial charge on any atom is 0.321 e. The van der Waals surface area contributed by atoms with E-state index >= 15 is 0 Å². The van der Waals surface area contributed by atoms with Gasteiger partial charge in [-0.1, -0.05) is 17.7 Å². The molecule has 0 bridgehead atoms. The van der Waals surface area contributed by atoms with Crippen molar-refractivity contribution in [1.82, 2.24) is 9.88 Å². The van der Waals surface area contributed by atoms with Gasteiger partial charge in [-0.05, 0) is 30.3 Å². The zero-order valence-electron chi connectivity index (χ0n) is 12.9. The van der Waals surface area contributed by atoms with Crippen LogP contribution in [0.15, 0.2) is 42.6 Å². The molecule has 1 fully saturated rings. The second kappa shape index (κ2) is 7.20. The molecule has 122 valence electrons. The van der Waals surface area contributed by atoms with Crippen LogP contribution in [0.4, 0.5) is 16.3 Å². The molecule has 1 aromatic carbocycles. The lowest BCUT2D eigenvalue weighted by Crippen LogP contribution is -2.50. The van der Waals surface area contributed by atoms with Gasteiger partial charge in [-0.25, -0.2) is 9.78 Å². The minimum Gasteiger partial charge on any atom is -0.352 e. The number of carbonyl (C=O) groups excluding carboxylic acids is 1. The summed E-state index contributed by atoms with van der Waals surface area (Å²) in [7, 11) is 0. The Labute approximate surface area is 145 Å². The summed E-state index contributed by atoms with van der Waals surface area (Å²) in [5.74, 6) is 0.676. The standard InChI is InChI=1S/C17H16ClN5O/c18-14-4-1-5-15(11-14)21-17(24)23-9-7-22(8-10-23)16-13(12-19)3-2-6-20-16/h1-6,11H,7-10H2,(H,21,24). The number of amides is 2. The van der Waals surface area contributed by atoms with Gasteiger partial charge in [-0.2, -0.15) is 5.26 Å². The summed E-state index contributed by atoms with van der Waals surface area (Å²) in [6, 6.07) is 12.6. The zero-order chi connectivity index (χ0) is 16.9. The Morgan fingerprint density at radius 1 is 1.21 bits per heavy atom. The number of pyridine rings is 1. The molecule has 7 heteroatoms. The lowest BCUT2D eigenvalue weighted by molar-refractivity contribution is 0.208. The van der Waals surface area contributed by atoms with E-state index < -0.39 is 0 Å². The van der Waals surface area contributed by atoms with Gasteiger partial charge < -0.3 is 15.1 Å². The molecular formula is C17H16ClN5O.